The number of carbonyl (C=O) groups excluding carboxylic acids is 2. The smallest absolute Gasteiger partial charge is 0.350 e. The summed E-state index contributed by atoms with van der Waals surface area (Å²) in [5.74, 6) is -4.86. The van der Waals surface area contributed by atoms with Gasteiger partial charge in [-0.05, 0) is 36.8 Å². The first-order chi connectivity index (χ1) is 15.1. The van der Waals surface area contributed by atoms with Crippen LogP contribution in [0, 0.1) is 11.8 Å². The number of aliphatic hydroxyl groups excluding tert-OH is 2. The lowest BCUT2D eigenvalue weighted by atomic mass is 9.76. The first-order valence-corrected chi connectivity index (χ1v) is 11.7. The van der Waals surface area contributed by atoms with Crippen molar-refractivity contribution in [3.05, 3.63) is 23.7 Å². The van der Waals surface area contributed by atoms with E-state index in [1.54, 1.807) is 0 Å². The van der Waals surface area contributed by atoms with Crippen molar-refractivity contribution in [3.63, 3.8) is 0 Å². The van der Waals surface area contributed by atoms with E-state index in [2.05, 4.69) is 0 Å². The number of hydrogen-bond acceptors (Lipinski definition) is 8. The Hall–Kier alpha value is -2.06. The topological polar surface area (TPSA) is 134 Å². The molecule has 0 saturated carbocycles. The third kappa shape index (κ3) is 6.04. The minimum atomic E-state index is -3.23. The van der Waals surface area contributed by atoms with E-state index >= 15 is 0 Å². The van der Waals surface area contributed by atoms with Gasteiger partial charge in [0.1, 0.15) is 11.5 Å². The van der Waals surface area contributed by atoms with Crippen LogP contribution in [-0.4, -0.2) is 56.8 Å². The molecule has 184 valence electrons. The van der Waals surface area contributed by atoms with Gasteiger partial charge in [0.2, 0.25) is 0 Å². The van der Waals surface area contributed by atoms with Crippen LogP contribution >= 0.6 is 0 Å². The van der Waals surface area contributed by atoms with Crippen LogP contribution in [0.5, 0.6) is 0 Å². The average molecular weight is 457 g/mol. The quantitative estimate of drug-likeness (QED) is 0.290. The zero-order chi connectivity index (χ0) is 24.4. The van der Waals surface area contributed by atoms with Gasteiger partial charge in [-0.25, -0.2) is 9.59 Å². The highest BCUT2D eigenvalue weighted by Gasteiger charge is 2.69. The van der Waals surface area contributed by atoms with Gasteiger partial charge in [0.25, 0.3) is 11.2 Å². The first-order valence-electron chi connectivity index (χ1n) is 11.7. The summed E-state index contributed by atoms with van der Waals surface area (Å²) in [6.07, 6.45) is 8.53. The highest BCUT2D eigenvalue weighted by Crippen LogP contribution is 2.39. The third-order valence-electron chi connectivity index (χ3n) is 6.24. The first kappa shape index (κ1) is 28.0. The molecular formula is C24H40O8. The molecule has 0 aliphatic heterocycles. The second-order valence-corrected chi connectivity index (χ2v) is 8.55. The molecule has 0 aromatic rings. The van der Waals surface area contributed by atoms with E-state index < -0.39 is 34.7 Å². The van der Waals surface area contributed by atoms with Gasteiger partial charge in [-0.1, -0.05) is 66.2 Å². The molecule has 1 rings (SSSR count). The minimum absolute atomic E-state index is 0.0188. The van der Waals surface area contributed by atoms with Crippen LogP contribution in [0.25, 0.3) is 0 Å². The number of aliphatic hydroxyl groups is 4. The molecule has 0 radical (unpaired) electrons. The predicted molar refractivity (Wildman–Crippen MR) is 120 cm³/mol. The zero-order valence-corrected chi connectivity index (χ0v) is 19.8. The number of allylic oxidation sites excluding steroid dienone is 2. The van der Waals surface area contributed by atoms with E-state index in [4.69, 9.17) is 9.47 Å². The Labute approximate surface area is 190 Å². The molecule has 1 aliphatic carbocycles. The second-order valence-electron chi connectivity index (χ2n) is 8.55. The Bertz CT molecular complexity index is 627. The van der Waals surface area contributed by atoms with Gasteiger partial charge in [-0.2, -0.15) is 0 Å². The highest BCUT2D eigenvalue weighted by molar-refractivity contribution is 5.98. The summed E-state index contributed by atoms with van der Waals surface area (Å²) < 4.78 is 10.4. The van der Waals surface area contributed by atoms with Gasteiger partial charge >= 0.3 is 11.9 Å². The lowest BCUT2D eigenvalue weighted by molar-refractivity contribution is -0.210. The number of hydrogen-bond donors (Lipinski definition) is 4. The summed E-state index contributed by atoms with van der Waals surface area (Å²) in [5, 5.41) is 42.7. The Balaban J connectivity index is 3.07. The second kappa shape index (κ2) is 12.8. The van der Waals surface area contributed by atoms with Crippen molar-refractivity contribution in [2.24, 2.45) is 11.8 Å². The van der Waals surface area contributed by atoms with Gasteiger partial charge in [-0.3, -0.25) is 0 Å². The molecule has 0 heterocycles. The molecule has 0 amide bonds. The van der Waals surface area contributed by atoms with E-state index in [0.717, 1.165) is 63.5 Å². The van der Waals surface area contributed by atoms with E-state index in [-0.39, 0.29) is 25.0 Å². The van der Waals surface area contributed by atoms with Crippen LogP contribution < -0.4 is 0 Å². The molecule has 0 aromatic carbocycles. The van der Waals surface area contributed by atoms with E-state index in [0.29, 0.717) is 0 Å². The molecule has 0 fully saturated rings. The van der Waals surface area contributed by atoms with Gasteiger partial charge in [0.05, 0.1) is 13.2 Å². The van der Waals surface area contributed by atoms with Crippen LogP contribution in [-0.2, 0) is 19.1 Å². The van der Waals surface area contributed by atoms with E-state index in [9.17, 15) is 30.0 Å². The summed E-state index contributed by atoms with van der Waals surface area (Å²) in [7, 11) is 0. The fourth-order valence-corrected chi connectivity index (χ4v) is 3.67. The van der Waals surface area contributed by atoms with Crippen molar-refractivity contribution >= 4 is 11.9 Å². The Morgan fingerprint density at radius 1 is 0.781 bits per heavy atom. The van der Waals surface area contributed by atoms with Gasteiger partial charge in [0, 0.05) is 0 Å². The molecule has 4 atom stereocenters. The van der Waals surface area contributed by atoms with Crippen LogP contribution in [0.15, 0.2) is 23.7 Å². The minimum Gasteiger partial charge on any atom is -0.508 e. The van der Waals surface area contributed by atoms with Crippen molar-refractivity contribution in [3.8, 4) is 0 Å². The predicted octanol–water partition coefficient (Wildman–Crippen LogP) is 3.87. The Kier molecular flexibility index (Phi) is 11.2. The summed E-state index contributed by atoms with van der Waals surface area (Å²) in [6, 6.07) is 0. The number of ether oxygens (including phenoxy) is 2. The number of esters is 2. The summed E-state index contributed by atoms with van der Waals surface area (Å²) in [5.41, 5.74) is -6.45. The highest BCUT2D eigenvalue weighted by atomic mass is 16.6. The van der Waals surface area contributed by atoms with Gasteiger partial charge in [-0.15, -0.1) is 0 Å². The lowest BCUT2D eigenvalue weighted by Crippen LogP contribution is -2.67. The van der Waals surface area contributed by atoms with Crippen LogP contribution in [0.4, 0.5) is 0 Å². The zero-order valence-electron chi connectivity index (χ0n) is 19.8. The molecule has 32 heavy (non-hydrogen) atoms. The van der Waals surface area contributed by atoms with Crippen LogP contribution in [0.3, 0.4) is 0 Å². The van der Waals surface area contributed by atoms with Crippen molar-refractivity contribution < 1.29 is 39.5 Å². The molecule has 8 heteroatoms. The van der Waals surface area contributed by atoms with E-state index in [1.807, 2.05) is 27.7 Å². The molecule has 0 saturated heterocycles. The van der Waals surface area contributed by atoms with E-state index in [1.165, 1.54) is 0 Å². The number of carbonyl (C=O) groups is 2. The molecule has 0 spiro atoms. The molecule has 8 nitrogen and oxygen atoms in total. The molecule has 0 bridgehead atoms. The standard InChI is InChI=1S/C24H40O8/c1-5-9-11-17(7-3)15-31-21(27)23(29)19(25)13-14-20(26)24(23,30)22(28)32-16-18(8-4)12-10-6-2/h13-14,17-18,25-26,29-30H,5-12,15-16H2,1-4H3. The largest absolute Gasteiger partial charge is 0.508 e. The fraction of sp³-hybridized carbons (Fsp3) is 0.750. The molecule has 4 N–H and O–H groups in total. The van der Waals surface area contributed by atoms with Crippen molar-refractivity contribution in [1.82, 2.24) is 0 Å². The van der Waals surface area contributed by atoms with Crippen LogP contribution in [0.2, 0.25) is 0 Å². The molecular weight excluding hydrogens is 416 g/mol. The Morgan fingerprint density at radius 3 is 1.41 bits per heavy atom. The fourth-order valence-electron chi connectivity index (χ4n) is 3.67. The number of rotatable bonds is 14. The molecule has 0 aromatic heterocycles. The molecule has 4 unspecified atom stereocenters. The maximum absolute atomic E-state index is 12.8. The van der Waals surface area contributed by atoms with Crippen LogP contribution in [0.1, 0.15) is 79.1 Å². The lowest BCUT2D eigenvalue weighted by Gasteiger charge is -2.40. The molecule has 1 aliphatic rings. The summed E-state index contributed by atoms with van der Waals surface area (Å²) in [4.78, 5) is 25.7. The van der Waals surface area contributed by atoms with Gasteiger partial charge < -0.3 is 29.9 Å². The number of unbranched alkanes of at least 4 members (excludes halogenated alkanes) is 2. The Morgan fingerprint density at radius 2 is 1.12 bits per heavy atom. The third-order valence-corrected chi connectivity index (χ3v) is 6.24. The maximum Gasteiger partial charge on any atom is 0.350 e. The van der Waals surface area contributed by atoms with Crippen molar-refractivity contribution in [1.29, 1.82) is 0 Å². The SMILES string of the molecule is CCCCC(CC)COC(=O)C1(O)C(O)=CC=C(O)C1(O)C(=O)OCC(CC)CCCC. The maximum atomic E-state index is 12.8. The average Bonchev–Trinajstić information content (AvgIpc) is 2.79. The van der Waals surface area contributed by atoms with Crippen molar-refractivity contribution in [2.45, 2.75) is 90.3 Å². The monoisotopic (exact) mass is 456 g/mol. The summed E-state index contributed by atoms with van der Waals surface area (Å²) >= 11 is 0. The normalized spacial score (nSPS) is 24.8. The van der Waals surface area contributed by atoms with Gasteiger partial charge in [0.15, 0.2) is 0 Å². The van der Waals surface area contributed by atoms with Crippen molar-refractivity contribution in [2.75, 3.05) is 13.2 Å². The summed E-state index contributed by atoms with van der Waals surface area (Å²) in [6.45, 7) is 7.83.